The molecule has 0 aliphatic carbocycles. The summed E-state index contributed by atoms with van der Waals surface area (Å²) < 4.78 is 5.11. The van der Waals surface area contributed by atoms with Crippen molar-refractivity contribution >= 4 is 46.4 Å². The van der Waals surface area contributed by atoms with Gasteiger partial charge in [-0.15, -0.1) is 0 Å². The lowest BCUT2D eigenvalue weighted by Gasteiger charge is -2.20. The number of aliphatic hydroxyl groups excluding tert-OH is 1. The molecule has 156 valence electrons. The third kappa shape index (κ3) is 6.13. The molecule has 0 fully saturated rings. The van der Waals surface area contributed by atoms with Crippen molar-refractivity contribution in [1.82, 2.24) is 10.3 Å². The predicted octanol–water partition coefficient (Wildman–Crippen LogP) is 2.16. The zero-order chi connectivity index (χ0) is 21.6. The van der Waals surface area contributed by atoms with E-state index in [0.29, 0.717) is 22.2 Å². The Hall–Kier alpha value is -2.71. The van der Waals surface area contributed by atoms with Crippen molar-refractivity contribution in [2.45, 2.75) is 51.4 Å². The quantitative estimate of drug-likeness (QED) is 0.344. The molecule has 0 saturated carbocycles. The fourth-order valence-electron chi connectivity index (χ4n) is 2.86. The number of rotatable bonds is 10. The number of amides is 1. The molecule has 0 unspecified atom stereocenters. The van der Waals surface area contributed by atoms with Gasteiger partial charge in [0.05, 0.1) is 17.3 Å². The van der Waals surface area contributed by atoms with E-state index >= 15 is 0 Å². The molecule has 0 aliphatic rings. The van der Waals surface area contributed by atoms with Crippen LogP contribution in [0.15, 0.2) is 24.4 Å². The Morgan fingerprint density at radius 1 is 1.34 bits per heavy atom. The monoisotopic (exact) mass is 421 g/mol. The number of aromatic amines is 1. The zero-order valence-electron chi connectivity index (χ0n) is 16.2. The van der Waals surface area contributed by atoms with Crippen LogP contribution in [0.1, 0.15) is 32.3 Å². The van der Waals surface area contributed by atoms with Crippen molar-refractivity contribution in [2.75, 3.05) is 0 Å². The minimum atomic E-state index is -1.43. The van der Waals surface area contributed by atoms with E-state index in [2.05, 4.69) is 10.3 Å². The Balaban J connectivity index is 2.08. The molecule has 2 atom stereocenters. The van der Waals surface area contributed by atoms with Gasteiger partial charge in [0.15, 0.2) is 5.78 Å². The predicted molar refractivity (Wildman–Crippen MR) is 109 cm³/mol. The van der Waals surface area contributed by atoms with Crippen LogP contribution < -0.4 is 5.32 Å². The van der Waals surface area contributed by atoms with E-state index in [1.807, 2.05) is 6.07 Å². The summed E-state index contributed by atoms with van der Waals surface area (Å²) in [6, 6.07) is 4.23. The number of benzene rings is 1. The number of hydrogen-bond acceptors (Lipinski definition) is 6. The van der Waals surface area contributed by atoms with Gasteiger partial charge in [0, 0.05) is 29.9 Å². The van der Waals surface area contributed by atoms with Crippen LogP contribution in [0, 0.1) is 5.41 Å². The number of nitrogens with one attached hydrogen (secondary N) is 3. The summed E-state index contributed by atoms with van der Waals surface area (Å²) in [6.07, 6.45) is 0.341. The Morgan fingerprint density at radius 3 is 2.72 bits per heavy atom. The number of carbonyl (C=O) groups excluding carboxylic acids is 3. The number of ketones is 1. The lowest BCUT2D eigenvalue weighted by molar-refractivity contribution is -0.152. The van der Waals surface area contributed by atoms with Gasteiger partial charge in [-0.1, -0.05) is 17.7 Å². The Labute approximate surface area is 173 Å². The highest BCUT2D eigenvalue weighted by Gasteiger charge is 2.27. The van der Waals surface area contributed by atoms with Crippen LogP contribution in [0.4, 0.5) is 0 Å². The van der Waals surface area contributed by atoms with Gasteiger partial charge in [0.25, 0.3) is 0 Å². The van der Waals surface area contributed by atoms with Crippen LogP contribution in [0.2, 0.25) is 5.02 Å². The molecule has 1 heterocycles. The van der Waals surface area contributed by atoms with Gasteiger partial charge < -0.3 is 25.6 Å². The number of carbonyl (C=O) groups is 3. The highest BCUT2D eigenvalue weighted by molar-refractivity contribution is 6.35. The molecule has 4 N–H and O–H groups in total. The van der Waals surface area contributed by atoms with E-state index in [9.17, 15) is 19.5 Å². The third-order valence-electron chi connectivity index (χ3n) is 4.25. The first-order valence-electron chi connectivity index (χ1n) is 9.19. The van der Waals surface area contributed by atoms with Gasteiger partial charge >= 0.3 is 5.97 Å². The van der Waals surface area contributed by atoms with E-state index in [-0.39, 0.29) is 19.3 Å². The second kappa shape index (κ2) is 10.2. The maximum atomic E-state index is 12.5. The fraction of sp³-hybridized carbons (Fsp3) is 0.400. The van der Waals surface area contributed by atoms with E-state index in [1.165, 1.54) is 0 Å². The van der Waals surface area contributed by atoms with Crippen LogP contribution in [-0.2, 0) is 25.5 Å². The van der Waals surface area contributed by atoms with Crippen LogP contribution in [-0.4, -0.2) is 52.2 Å². The number of fused-ring (bicyclic) bond motifs is 1. The first-order chi connectivity index (χ1) is 13.7. The molecule has 0 saturated heterocycles. The second-order valence-corrected chi connectivity index (χ2v) is 7.30. The molecular weight excluding hydrogens is 398 g/mol. The SMILES string of the molecule is CC(C)OC(=O)[C@H](CCC(=O)C=N)NC(=O)[C@@H](O)Cc1c[nH]c2cccc(Cl)c12. The third-order valence-corrected chi connectivity index (χ3v) is 4.56. The number of aromatic nitrogens is 1. The lowest BCUT2D eigenvalue weighted by Crippen LogP contribution is -2.47. The van der Waals surface area contributed by atoms with Crippen molar-refractivity contribution in [3.05, 3.63) is 35.0 Å². The number of esters is 1. The molecule has 9 heteroatoms. The van der Waals surface area contributed by atoms with Crippen LogP contribution in [0.3, 0.4) is 0 Å². The van der Waals surface area contributed by atoms with Gasteiger partial charge in [-0.25, -0.2) is 4.79 Å². The standard InChI is InChI=1S/C20H24ClN3O5/c1-11(2)29-20(28)16(7-6-13(25)9-22)24-19(27)17(26)8-12-10-23-15-5-3-4-14(21)18(12)15/h3-5,9-11,16-17,22-23,26H,6-8H2,1-2H3,(H,24,27)/t16-,17-/m0/s1. The average Bonchev–Trinajstić information content (AvgIpc) is 3.08. The summed E-state index contributed by atoms with van der Waals surface area (Å²) in [7, 11) is 0. The fourth-order valence-corrected chi connectivity index (χ4v) is 3.16. The molecule has 0 radical (unpaired) electrons. The molecule has 0 bridgehead atoms. The summed E-state index contributed by atoms with van der Waals surface area (Å²) in [4.78, 5) is 39.1. The number of Topliss-reactive ketones (excluding diaryl/α,β-unsaturated/α-hetero) is 1. The van der Waals surface area contributed by atoms with Gasteiger partial charge in [-0.3, -0.25) is 9.59 Å². The summed E-state index contributed by atoms with van der Waals surface area (Å²) in [6.45, 7) is 3.32. The normalized spacial score (nSPS) is 13.1. The van der Waals surface area contributed by atoms with Crippen molar-refractivity contribution < 1.29 is 24.2 Å². The first-order valence-corrected chi connectivity index (χ1v) is 9.57. The molecule has 1 amide bonds. The molecule has 29 heavy (non-hydrogen) atoms. The number of ether oxygens (including phenoxy) is 1. The Bertz CT molecular complexity index is 909. The molecule has 0 spiro atoms. The minimum absolute atomic E-state index is 0.0130. The van der Waals surface area contributed by atoms with E-state index in [0.717, 1.165) is 5.52 Å². The van der Waals surface area contributed by atoms with Crippen LogP contribution in [0.25, 0.3) is 10.9 Å². The summed E-state index contributed by atoms with van der Waals surface area (Å²) in [5.41, 5.74) is 1.44. The summed E-state index contributed by atoms with van der Waals surface area (Å²) >= 11 is 6.21. The van der Waals surface area contributed by atoms with Crippen molar-refractivity contribution in [1.29, 1.82) is 5.41 Å². The molecule has 2 aromatic rings. The molecular formula is C20H24ClN3O5. The number of aliphatic hydroxyl groups is 1. The van der Waals surface area contributed by atoms with E-state index in [1.54, 1.807) is 32.2 Å². The molecule has 8 nitrogen and oxygen atoms in total. The summed E-state index contributed by atoms with van der Waals surface area (Å²) in [5.74, 6) is -1.94. The number of halogens is 1. The lowest BCUT2D eigenvalue weighted by atomic mass is 10.0. The summed E-state index contributed by atoms with van der Waals surface area (Å²) in [5, 5.41) is 20.9. The van der Waals surface area contributed by atoms with Crippen molar-refractivity contribution in [2.24, 2.45) is 0 Å². The second-order valence-electron chi connectivity index (χ2n) is 6.89. The van der Waals surface area contributed by atoms with Crippen LogP contribution >= 0.6 is 11.6 Å². The first kappa shape index (κ1) is 22.6. The van der Waals surface area contributed by atoms with Gasteiger partial charge in [0.1, 0.15) is 12.1 Å². The highest BCUT2D eigenvalue weighted by atomic mass is 35.5. The largest absolute Gasteiger partial charge is 0.461 e. The Morgan fingerprint density at radius 2 is 2.07 bits per heavy atom. The minimum Gasteiger partial charge on any atom is -0.461 e. The average molecular weight is 422 g/mol. The molecule has 0 aliphatic heterocycles. The number of H-pyrrole nitrogens is 1. The number of hydrogen-bond donors (Lipinski definition) is 4. The van der Waals surface area contributed by atoms with Crippen molar-refractivity contribution in [3.63, 3.8) is 0 Å². The smallest absolute Gasteiger partial charge is 0.328 e. The molecule has 1 aromatic carbocycles. The van der Waals surface area contributed by atoms with Crippen molar-refractivity contribution in [3.8, 4) is 0 Å². The molecule has 2 rings (SSSR count). The highest BCUT2D eigenvalue weighted by Crippen LogP contribution is 2.27. The zero-order valence-corrected chi connectivity index (χ0v) is 17.0. The van der Waals surface area contributed by atoms with Gasteiger partial charge in [0.2, 0.25) is 5.91 Å². The maximum absolute atomic E-state index is 12.5. The van der Waals surface area contributed by atoms with Crippen LogP contribution in [0.5, 0.6) is 0 Å². The van der Waals surface area contributed by atoms with E-state index in [4.69, 9.17) is 21.7 Å². The van der Waals surface area contributed by atoms with E-state index < -0.39 is 35.9 Å². The molecule has 1 aromatic heterocycles. The van der Waals surface area contributed by atoms with Gasteiger partial charge in [-0.2, -0.15) is 0 Å². The maximum Gasteiger partial charge on any atom is 0.328 e. The van der Waals surface area contributed by atoms with Gasteiger partial charge in [-0.05, 0) is 38.0 Å². The Kier molecular flexibility index (Phi) is 7.92. The topological polar surface area (TPSA) is 132 Å².